The summed E-state index contributed by atoms with van der Waals surface area (Å²) < 4.78 is 54.3. The van der Waals surface area contributed by atoms with Gasteiger partial charge in [-0.2, -0.15) is 8.78 Å². The van der Waals surface area contributed by atoms with Gasteiger partial charge in [0.1, 0.15) is 0 Å². The molecule has 0 saturated heterocycles. The zero-order valence-corrected chi connectivity index (χ0v) is 16.8. The van der Waals surface area contributed by atoms with Gasteiger partial charge in [-0.15, -0.1) is 6.58 Å². The smallest absolute Gasteiger partial charge is 0.207 e. The van der Waals surface area contributed by atoms with Crippen molar-refractivity contribution in [3.05, 3.63) is 77.6 Å². The van der Waals surface area contributed by atoms with Crippen LogP contribution in [0, 0.1) is 17.6 Å². The third-order valence-corrected chi connectivity index (χ3v) is 5.95. The minimum atomic E-state index is -1.08. The van der Waals surface area contributed by atoms with Gasteiger partial charge in [0, 0.05) is 12.0 Å². The lowest BCUT2D eigenvalue weighted by molar-refractivity contribution is 0.271. The van der Waals surface area contributed by atoms with E-state index in [1.54, 1.807) is 6.07 Å². The average Bonchev–Trinajstić information content (AvgIpc) is 2.73. The Morgan fingerprint density at radius 3 is 2.55 bits per heavy atom. The lowest BCUT2D eigenvalue weighted by Crippen LogP contribution is -2.18. The van der Waals surface area contributed by atoms with Crippen molar-refractivity contribution in [2.24, 2.45) is 5.92 Å². The predicted octanol–water partition coefficient (Wildman–Crippen LogP) is 7.04. The molecule has 3 rings (SSSR count). The fourth-order valence-electron chi connectivity index (χ4n) is 4.24. The maximum absolute atomic E-state index is 14.9. The Balaban J connectivity index is 1.86. The summed E-state index contributed by atoms with van der Waals surface area (Å²) in [5.41, 5.74) is 1.20. The molecule has 5 heteroatoms. The number of halogens is 3. The zero-order chi connectivity index (χ0) is 21.1. The third-order valence-electron chi connectivity index (χ3n) is 5.95. The summed E-state index contributed by atoms with van der Waals surface area (Å²) in [4.78, 5) is 0. The van der Waals surface area contributed by atoms with E-state index in [1.807, 2.05) is 6.08 Å². The van der Waals surface area contributed by atoms with Gasteiger partial charge in [-0.3, -0.25) is 0 Å². The van der Waals surface area contributed by atoms with E-state index in [1.165, 1.54) is 7.11 Å². The second-order valence-corrected chi connectivity index (χ2v) is 7.82. The van der Waals surface area contributed by atoms with E-state index in [0.717, 1.165) is 38.5 Å². The molecule has 2 nitrogen and oxygen atoms in total. The Labute approximate surface area is 170 Å². The van der Waals surface area contributed by atoms with Crippen molar-refractivity contribution >= 4 is 0 Å². The van der Waals surface area contributed by atoms with Crippen LogP contribution in [-0.4, -0.2) is 7.11 Å². The summed E-state index contributed by atoms with van der Waals surface area (Å²) in [6.07, 6.45) is 7.82. The molecule has 0 atom stereocenters. The van der Waals surface area contributed by atoms with E-state index < -0.39 is 17.5 Å². The van der Waals surface area contributed by atoms with Crippen LogP contribution >= 0.6 is 0 Å². The molecule has 1 saturated carbocycles. The van der Waals surface area contributed by atoms with E-state index in [-0.39, 0.29) is 29.6 Å². The Morgan fingerprint density at radius 1 is 1.24 bits per heavy atom. The van der Waals surface area contributed by atoms with Gasteiger partial charge < -0.3 is 9.47 Å². The van der Waals surface area contributed by atoms with Crippen molar-refractivity contribution in [2.75, 3.05) is 7.11 Å². The number of hydrogen-bond donors (Lipinski definition) is 0. The molecule has 1 aromatic rings. The molecule has 0 bridgehead atoms. The fraction of sp³-hybridized carbons (Fsp3) is 0.417. The summed E-state index contributed by atoms with van der Waals surface area (Å²) >= 11 is 0. The number of rotatable bonds is 6. The molecular weight excluding hydrogens is 377 g/mol. The normalized spacial score (nSPS) is 23.1. The van der Waals surface area contributed by atoms with Gasteiger partial charge in [-0.05, 0) is 67.6 Å². The first-order chi connectivity index (χ1) is 13.9. The van der Waals surface area contributed by atoms with Crippen LogP contribution in [0.2, 0.25) is 0 Å². The van der Waals surface area contributed by atoms with Crippen molar-refractivity contribution in [1.82, 2.24) is 0 Å². The first-order valence-electron chi connectivity index (χ1n) is 9.98. The maximum Gasteiger partial charge on any atom is 0.207 e. The number of benzene rings is 1. The van der Waals surface area contributed by atoms with E-state index >= 15 is 0 Å². The Kier molecular flexibility index (Phi) is 6.56. The maximum atomic E-state index is 14.9. The molecule has 156 valence electrons. The lowest BCUT2D eigenvalue weighted by Gasteiger charge is -2.30. The topological polar surface area (TPSA) is 18.5 Å². The van der Waals surface area contributed by atoms with E-state index in [0.29, 0.717) is 22.6 Å². The number of methoxy groups -OCH3 is 1. The van der Waals surface area contributed by atoms with Crippen LogP contribution in [0.4, 0.5) is 13.2 Å². The monoisotopic (exact) mass is 404 g/mol. The molecule has 1 aromatic carbocycles. The summed E-state index contributed by atoms with van der Waals surface area (Å²) in [7, 11) is 1.26. The first-order valence-corrected chi connectivity index (χ1v) is 9.98. The summed E-state index contributed by atoms with van der Waals surface area (Å²) in [5, 5.41) is 0. The number of ether oxygens (including phenoxy) is 2. The van der Waals surface area contributed by atoms with Crippen molar-refractivity contribution in [3.8, 4) is 5.75 Å². The molecule has 2 aliphatic rings. The molecule has 1 aliphatic carbocycles. The molecule has 0 radical (unpaired) electrons. The van der Waals surface area contributed by atoms with Gasteiger partial charge in [0.15, 0.2) is 23.1 Å². The van der Waals surface area contributed by atoms with Gasteiger partial charge in [-0.25, -0.2) is 4.39 Å². The second kappa shape index (κ2) is 8.93. The van der Waals surface area contributed by atoms with Crippen LogP contribution in [0.1, 0.15) is 55.6 Å². The number of allylic oxidation sites excluding steroid dienone is 3. The van der Waals surface area contributed by atoms with Crippen LogP contribution in [0.5, 0.6) is 5.75 Å². The van der Waals surface area contributed by atoms with Crippen molar-refractivity contribution in [1.29, 1.82) is 0 Å². The molecule has 1 heterocycles. The SMILES string of the molecule is C=CCCC1CCC(c2cc3c(c(F)c2F)O/C(=C(\F)C(=C)OC)C(=C)C3)CC1. The molecule has 1 aliphatic heterocycles. The standard InChI is InChI=1S/C24H27F3O2/c1-5-6-7-16-8-10-17(11-9-16)19-13-18-12-14(2)23(20(25)15(3)28-4)29-24(18)22(27)21(19)26/h5,13,16-17H,1-3,6-12H2,4H3/b23-20-. The van der Waals surface area contributed by atoms with Gasteiger partial charge in [-0.1, -0.05) is 19.2 Å². The Hall–Kier alpha value is -2.43. The summed E-state index contributed by atoms with van der Waals surface area (Å²) in [6, 6.07) is 1.66. The van der Waals surface area contributed by atoms with Crippen molar-refractivity contribution in [2.45, 2.75) is 50.9 Å². The minimum absolute atomic E-state index is 0.0232. The van der Waals surface area contributed by atoms with Gasteiger partial charge in [0.05, 0.1) is 7.11 Å². The quantitative estimate of drug-likeness (QED) is 0.374. The molecule has 0 spiro atoms. The van der Waals surface area contributed by atoms with E-state index in [4.69, 9.17) is 9.47 Å². The van der Waals surface area contributed by atoms with Crippen LogP contribution in [0.25, 0.3) is 0 Å². The van der Waals surface area contributed by atoms with Crippen LogP contribution < -0.4 is 4.74 Å². The molecule has 0 N–H and O–H groups in total. The third kappa shape index (κ3) is 4.29. The highest BCUT2D eigenvalue weighted by atomic mass is 19.2. The zero-order valence-electron chi connectivity index (χ0n) is 16.8. The van der Waals surface area contributed by atoms with Crippen LogP contribution in [0.15, 0.2) is 54.8 Å². The molecular formula is C24H27F3O2. The lowest BCUT2D eigenvalue weighted by atomic mass is 9.76. The highest BCUT2D eigenvalue weighted by molar-refractivity contribution is 5.51. The predicted molar refractivity (Wildman–Crippen MR) is 108 cm³/mol. The largest absolute Gasteiger partial charge is 0.494 e. The van der Waals surface area contributed by atoms with E-state index in [2.05, 4.69) is 19.7 Å². The Morgan fingerprint density at radius 2 is 1.93 bits per heavy atom. The average molecular weight is 404 g/mol. The highest BCUT2D eigenvalue weighted by Crippen LogP contribution is 2.44. The summed E-state index contributed by atoms with van der Waals surface area (Å²) in [6.45, 7) is 11.0. The van der Waals surface area contributed by atoms with Crippen molar-refractivity contribution < 1.29 is 22.6 Å². The fourth-order valence-corrected chi connectivity index (χ4v) is 4.24. The molecule has 0 aromatic heterocycles. The highest BCUT2D eigenvalue weighted by Gasteiger charge is 2.32. The van der Waals surface area contributed by atoms with E-state index in [9.17, 15) is 13.2 Å². The molecule has 29 heavy (non-hydrogen) atoms. The van der Waals surface area contributed by atoms with Gasteiger partial charge in [0.25, 0.3) is 0 Å². The molecule has 0 amide bonds. The van der Waals surface area contributed by atoms with Gasteiger partial charge >= 0.3 is 0 Å². The number of fused-ring (bicyclic) bond motifs is 1. The van der Waals surface area contributed by atoms with Crippen LogP contribution in [0.3, 0.4) is 0 Å². The van der Waals surface area contributed by atoms with Crippen LogP contribution in [-0.2, 0) is 11.2 Å². The molecule has 0 unspecified atom stereocenters. The molecule has 1 fully saturated rings. The Bertz CT molecular complexity index is 861. The number of hydrogen-bond acceptors (Lipinski definition) is 2. The second-order valence-electron chi connectivity index (χ2n) is 7.82. The first kappa shape index (κ1) is 21.3. The van der Waals surface area contributed by atoms with Crippen molar-refractivity contribution in [3.63, 3.8) is 0 Å². The summed E-state index contributed by atoms with van der Waals surface area (Å²) in [5.74, 6) is -3.07. The van der Waals surface area contributed by atoms with Gasteiger partial charge in [0.2, 0.25) is 11.6 Å². The minimum Gasteiger partial charge on any atom is -0.494 e.